The second kappa shape index (κ2) is 7.04. The lowest BCUT2D eigenvalue weighted by Gasteiger charge is -2.05. The molecule has 0 unspecified atom stereocenters. The van der Waals surface area contributed by atoms with Crippen molar-refractivity contribution in [2.45, 2.75) is 13.8 Å². The van der Waals surface area contributed by atoms with E-state index in [0.29, 0.717) is 16.8 Å². The Morgan fingerprint density at radius 2 is 1.37 bits per heavy atom. The Morgan fingerprint density at radius 1 is 0.778 bits per heavy atom. The molecule has 3 aromatic carbocycles. The molecule has 27 heavy (non-hydrogen) atoms. The average molecular weight is 352 g/mol. The topological polar surface area (TPSA) is 34.9 Å². The summed E-state index contributed by atoms with van der Waals surface area (Å²) in [7, 11) is 0. The minimum absolute atomic E-state index is 0.00847. The molecule has 0 N–H and O–H groups in total. The number of benzene rings is 3. The summed E-state index contributed by atoms with van der Waals surface area (Å²) >= 11 is 0. The normalized spacial score (nSPS) is 10.7. The molecule has 0 aliphatic heterocycles. The third kappa shape index (κ3) is 3.20. The third-order valence-electron chi connectivity index (χ3n) is 4.71. The second-order valence-electron chi connectivity index (χ2n) is 6.62. The zero-order valence-corrected chi connectivity index (χ0v) is 15.4. The number of ketones is 1. The molecule has 0 spiro atoms. The van der Waals surface area contributed by atoms with Crippen molar-refractivity contribution in [1.82, 2.24) is 9.78 Å². The number of nitrogens with zero attached hydrogens (tertiary/aromatic N) is 2. The summed E-state index contributed by atoms with van der Waals surface area (Å²) in [6.07, 6.45) is 0. The zero-order valence-electron chi connectivity index (χ0n) is 15.4. The minimum Gasteiger partial charge on any atom is -0.288 e. The van der Waals surface area contributed by atoms with Gasteiger partial charge in [0.25, 0.3) is 0 Å². The van der Waals surface area contributed by atoms with E-state index >= 15 is 0 Å². The van der Waals surface area contributed by atoms with E-state index in [1.807, 2.05) is 103 Å². The summed E-state index contributed by atoms with van der Waals surface area (Å²) in [6, 6.07) is 27.4. The number of carbonyl (C=O) groups excluding carboxylic acids is 1. The molecule has 0 aliphatic rings. The fourth-order valence-electron chi connectivity index (χ4n) is 3.24. The summed E-state index contributed by atoms with van der Waals surface area (Å²) in [6.45, 7) is 4.00. The highest BCUT2D eigenvalue weighted by atomic mass is 16.1. The van der Waals surface area contributed by atoms with Gasteiger partial charge in [0.15, 0.2) is 5.78 Å². The Morgan fingerprint density at radius 3 is 2.00 bits per heavy atom. The quantitative estimate of drug-likeness (QED) is 0.462. The van der Waals surface area contributed by atoms with Gasteiger partial charge >= 0.3 is 0 Å². The lowest BCUT2D eigenvalue weighted by molar-refractivity contribution is 0.103. The van der Waals surface area contributed by atoms with Gasteiger partial charge in [0.05, 0.1) is 16.9 Å². The smallest absolute Gasteiger partial charge is 0.197 e. The Bertz CT molecular complexity index is 1080. The van der Waals surface area contributed by atoms with E-state index in [9.17, 15) is 4.79 Å². The maximum atomic E-state index is 13.3. The largest absolute Gasteiger partial charge is 0.288 e. The summed E-state index contributed by atoms with van der Waals surface area (Å²) in [5.74, 6) is -0.00847. The SMILES string of the molecule is Cc1ccc(-c2nn(-c3ccccc3)c(C)c2C(=O)c2ccccc2)cc1. The predicted octanol–water partition coefficient (Wildman–Crippen LogP) is 5.39. The van der Waals surface area contributed by atoms with Crippen molar-refractivity contribution in [2.75, 3.05) is 0 Å². The van der Waals surface area contributed by atoms with Gasteiger partial charge in [-0.15, -0.1) is 0 Å². The first kappa shape index (κ1) is 17.0. The molecule has 0 bridgehead atoms. The molecular weight excluding hydrogens is 332 g/mol. The van der Waals surface area contributed by atoms with E-state index in [4.69, 9.17) is 5.10 Å². The standard InChI is InChI=1S/C24H20N2O/c1-17-13-15-19(16-14-17)23-22(24(27)20-9-5-3-6-10-20)18(2)26(25-23)21-11-7-4-8-12-21/h3-16H,1-2H3. The molecule has 0 saturated heterocycles. The highest BCUT2D eigenvalue weighted by Crippen LogP contribution is 2.29. The van der Waals surface area contributed by atoms with Crippen LogP contribution in [-0.2, 0) is 0 Å². The Labute approximate surface area is 158 Å². The van der Waals surface area contributed by atoms with Gasteiger partial charge < -0.3 is 0 Å². The van der Waals surface area contributed by atoms with Crippen LogP contribution in [0.3, 0.4) is 0 Å². The highest BCUT2D eigenvalue weighted by Gasteiger charge is 2.23. The maximum absolute atomic E-state index is 13.3. The van der Waals surface area contributed by atoms with Gasteiger partial charge in [-0.1, -0.05) is 78.4 Å². The first-order valence-electron chi connectivity index (χ1n) is 8.97. The number of aryl methyl sites for hydroxylation is 1. The lowest BCUT2D eigenvalue weighted by atomic mass is 9.97. The fourth-order valence-corrected chi connectivity index (χ4v) is 3.24. The van der Waals surface area contributed by atoms with E-state index in [1.54, 1.807) is 0 Å². The van der Waals surface area contributed by atoms with E-state index in [1.165, 1.54) is 5.56 Å². The van der Waals surface area contributed by atoms with E-state index in [2.05, 4.69) is 0 Å². The average Bonchev–Trinajstić information content (AvgIpc) is 3.06. The zero-order chi connectivity index (χ0) is 18.8. The molecule has 1 aromatic heterocycles. The number of hydrogen-bond acceptors (Lipinski definition) is 2. The first-order valence-corrected chi connectivity index (χ1v) is 8.97. The second-order valence-corrected chi connectivity index (χ2v) is 6.62. The van der Waals surface area contributed by atoms with Crippen molar-refractivity contribution in [3.05, 3.63) is 107 Å². The van der Waals surface area contributed by atoms with Crippen LogP contribution in [0.1, 0.15) is 27.2 Å². The van der Waals surface area contributed by atoms with Crippen LogP contribution in [0.4, 0.5) is 0 Å². The number of para-hydroxylation sites is 1. The maximum Gasteiger partial charge on any atom is 0.197 e. The fraction of sp³-hybridized carbons (Fsp3) is 0.0833. The summed E-state index contributed by atoms with van der Waals surface area (Å²) in [5, 5.41) is 4.82. The van der Waals surface area contributed by atoms with Crippen molar-refractivity contribution >= 4 is 5.78 Å². The molecule has 0 radical (unpaired) electrons. The Kier molecular flexibility index (Phi) is 4.43. The molecule has 4 rings (SSSR count). The van der Waals surface area contributed by atoms with Gasteiger partial charge in [0.1, 0.15) is 5.69 Å². The van der Waals surface area contributed by atoms with Crippen LogP contribution >= 0.6 is 0 Å². The lowest BCUT2D eigenvalue weighted by Crippen LogP contribution is -2.05. The summed E-state index contributed by atoms with van der Waals surface area (Å²) < 4.78 is 1.85. The van der Waals surface area contributed by atoms with E-state index in [0.717, 1.165) is 16.9 Å². The number of carbonyl (C=O) groups is 1. The monoisotopic (exact) mass is 352 g/mol. The molecular formula is C24H20N2O. The predicted molar refractivity (Wildman–Crippen MR) is 108 cm³/mol. The Balaban J connectivity index is 1.94. The van der Waals surface area contributed by atoms with Crippen LogP contribution in [-0.4, -0.2) is 15.6 Å². The van der Waals surface area contributed by atoms with Crippen molar-refractivity contribution in [2.24, 2.45) is 0 Å². The molecule has 0 atom stereocenters. The summed E-state index contributed by atoms with van der Waals surface area (Å²) in [4.78, 5) is 13.3. The van der Waals surface area contributed by atoms with Crippen LogP contribution in [0.25, 0.3) is 16.9 Å². The molecule has 0 fully saturated rings. The minimum atomic E-state index is -0.00847. The van der Waals surface area contributed by atoms with E-state index in [-0.39, 0.29) is 5.78 Å². The van der Waals surface area contributed by atoms with Gasteiger partial charge in [0.2, 0.25) is 0 Å². The summed E-state index contributed by atoms with van der Waals surface area (Å²) in [5.41, 5.74) is 5.92. The highest BCUT2D eigenvalue weighted by molar-refractivity contribution is 6.13. The van der Waals surface area contributed by atoms with Crippen LogP contribution in [0.2, 0.25) is 0 Å². The van der Waals surface area contributed by atoms with E-state index < -0.39 is 0 Å². The molecule has 0 aliphatic carbocycles. The molecule has 132 valence electrons. The number of rotatable bonds is 4. The van der Waals surface area contributed by atoms with Crippen molar-refractivity contribution < 1.29 is 4.79 Å². The van der Waals surface area contributed by atoms with Crippen molar-refractivity contribution in [1.29, 1.82) is 0 Å². The Hall–Kier alpha value is -3.46. The number of hydrogen-bond donors (Lipinski definition) is 0. The van der Waals surface area contributed by atoms with Gasteiger partial charge in [-0.05, 0) is 26.0 Å². The first-order chi connectivity index (χ1) is 13.1. The van der Waals surface area contributed by atoms with Gasteiger partial charge in [-0.3, -0.25) is 4.79 Å². The van der Waals surface area contributed by atoms with Crippen LogP contribution in [0, 0.1) is 13.8 Å². The third-order valence-corrected chi connectivity index (χ3v) is 4.71. The molecule has 3 heteroatoms. The van der Waals surface area contributed by atoms with Crippen molar-refractivity contribution in [3.63, 3.8) is 0 Å². The molecule has 4 aromatic rings. The van der Waals surface area contributed by atoms with Crippen molar-refractivity contribution in [3.8, 4) is 16.9 Å². The molecule has 3 nitrogen and oxygen atoms in total. The molecule has 0 saturated carbocycles. The molecule has 0 amide bonds. The van der Waals surface area contributed by atoms with Crippen LogP contribution in [0.5, 0.6) is 0 Å². The number of aromatic nitrogens is 2. The van der Waals surface area contributed by atoms with Gasteiger partial charge in [-0.25, -0.2) is 4.68 Å². The van der Waals surface area contributed by atoms with Gasteiger partial charge in [0, 0.05) is 11.1 Å². The van der Waals surface area contributed by atoms with Gasteiger partial charge in [-0.2, -0.15) is 5.10 Å². The van der Waals surface area contributed by atoms with Crippen LogP contribution in [0.15, 0.2) is 84.9 Å². The van der Waals surface area contributed by atoms with Crippen LogP contribution < -0.4 is 0 Å². The molecule has 1 heterocycles.